The predicted molar refractivity (Wildman–Crippen MR) is 93.2 cm³/mol. The molecule has 0 unspecified atom stereocenters. The summed E-state index contributed by atoms with van der Waals surface area (Å²) < 4.78 is 16.6. The van der Waals surface area contributed by atoms with Crippen LogP contribution in [0.3, 0.4) is 0 Å². The number of anilines is 1. The van der Waals surface area contributed by atoms with Crippen LogP contribution < -0.4 is 19.5 Å². The first kappa shape index (κ1) is 17.4. The van der Waals surface area contributed by atoms with Gasteiger partial charge >= 0.3 is 0 Å². The first-order chi connectivity index (χ1) is 11.0. The number of benzene rings is 2. The van der Waals surface area contributed by atoms with Gasteiger partial charge in [0.2, 0.25) is 5.75 Å². The maximum atomic E-state index is 12.4. The minimum absolute atomic E-state index is 0.336. The minimum atomic E-state index is -0.336. The summed E-state index contributed by atoms with van der Waals surface area (Å²) >= 11 is 9.40. The van der Waals surface area contributed by atoms with Crippen molar-refractivity contribution in [2.24, 2.45) is 0 Å². The molecule has 122 valence electrons. The Morgan fingerprint density at radius 3 is 2.13 bits per heavy atom. The second-order valence-corrected chi connectivity index (χ2v) is 5.82. The van der Waals surface area contributed by atoms with Crippen molar-refractivity contribution in [3.63, 3.8) is 0 Å². The van der Waals surface area contributed by atoms with E-state index in [1.54, 1.807) is 30.3 Å². The van der Waals surface area contributed by atoms with E-state index < -0.39 is 0 Å². The largest absolute Gasteiger partial charge is 0.493 e. The lowest BCUT2D eigenvalue weighted by Crippen LogP contribution is -2.12. The lowest BCUT2D eigenvalue weighted by atomic mass is 10.2. The minimum Gasteiger partial charge on any atom is -0.493 e. The third-order valence-corrected chi connectivity index (χ3v) is 3.90. The Bertz CT molecular complexity index is 711. The Kier molecular flexibility index (Phi) is 5.74. The van der Waals surface area contributed by atoms with Crippen LogP contribution in [0.1, 0.15) is 10.4 Å². The predicted octanol–water partition coefficient (Wildman–Crippen LogP) is 4.38. The van der Waals surface area contributed by atoms with Crippen LogP contribution in [0.4, 0.5) is 5.69 Å². The Morgan fingerprint density at radius 2 is 1.65 bits per heavy atom. The van der Waals surface area contributed by atoms with Crippen LogP contribution in [-0.4, -0.2) is 27.2 Å². The Hall–Kier alpha value is -1.92. The van der Waals surface area contributed by atoms with E-state index in [0.29, 0.717) is 33.5 Å². The van der Waals surface area contributed by atoms with Gasteiger partial charge in [0.05, 0.1) is 31.9 Å². The monoisotopic (exact) mass is 399 g/mol. The molecule has 2 aromatic rings. The highest BCUT2D eigenvalue weighted by molar-refractivity contribution is 9.10. The third-order valence-electron chi connectivity index (χ3n) is 3.10. The SMILES string of the molecule is COc1cc(NC(=O)c2ccc(Br)cc2Cl)cc(OC)c1OC. The van der Waals surface area contributed by atoms with Gasteiger partial charge in [-0.3, -0.25) is 4.79 Å². The average molecular weight is 401 g/mol. The van der Waals surface area contributed by atoms with Crippen molar-refractivity contribution < 1.29 is 19.0 Å². The summed E-state index contributed by atoms with van der Waals surface area (Å²) in [6.45, 7) is 0. The first-order valence-corrected chi connectivity index (χ1v) is 7.73. The Labute approximate surface area is 147 Å². The van der Waals surface area contributed by atoms with Crippen LogP contribution in [0.25, 0.3) is 0 Å². The molecule has 23 heavy (non-hydrogen) atoms. The number of hydrogen-bond acceptors (Lipinski definition) is 4. The zero-order valence-electron chi connectivity index (χ0n) is 12.8. The molecule has 0 heterocycles. The molecule has 0 radical (unpaired) electrons. The number of carbonyl (C=O) groups is 1. The molecule has 0 spiro atoms. The summed E-state index contributed by atoms with van der Waals surface area (Å²) in [5.74, 6) is 1.01. The van der Waals surface area contributed by atoms with Gasteiger partial charge in [0, 0.05) is 22.3 Å². The Morgan fingerprint density at radius 1 is 1.04 bits per heavy atom. The molecule has 0 aromatic heterocycles. The van der Waals surface area contributed by atoms with Gasteiger partial charge in [-0.05, 0) is 18.2 Å². The van der Waals surface area contributed by atoms with E-state index in [2.05, 4.69) is 21.2 Å². The topological polar surface area (TPSA) is 56.8 Å². The van der Waals surface area contributed by atoms with Crippen molar-refractivity contribution in [1.82, 2.24) is 0 Å². The number of halogens is 2. The van der Waals surface area contributed by atoms with Crippen molar-refractivity contribution >= 4 is 39.1 Å². The van der Waals surface area contributed by atoms with E-state index in [9.17, 15) is 4.79 Å². The van der Waals surface area contributed by atoms with E-state index in [-0.39, 0.29) is 5.91 Å². The molecule has 0 fully saturated rings. The molecular weight excluding hydrogens is 386 g/mol. The highest BCUT2D eigenvalue weighted by Gasteiger charge is 2.16. The van der Waals surface area contributed by atoms with Gasteiger partial charge in [0.1, 0.15) is 0 Å². The van der Waals surface area contributed by atoms with Crippen molar-refractivity contribution in [2.75, 3.05) is 26.6 Å². The number of nitrogens with one attached hydrogen (secondary N) is 1. The molecular formula is C16H15BrClNO4. The zero-order valence-corrected chi connectivity index (χ0v) is 15.1. The van der Waals surface area contributed by atoms with E-state index in [1.165, 1.54) is 21.3 Å². The summed E-state index contributed by atoms with van der Waals surface area (Å²) in [5.41, 5.74) is 0.868. The second-order valence-electron chi connectivity index (χ2n) is 4.49. The average Bonchev–Trinajstić information content (AvgIpc) is 2.53. The van der Waals surface area contributed by atoms with E-state index >= 15 is 0 Å². The van der Waals surface area contributed by atoms with E-state index in [1.807, 2.05) is 0 Å². The van der Waals surface area contributed by atoms with Crippen LogP contribution in [-0.2, 0) is 0 Å². The maximum absolute atomic E-state index is 12.4. The van der Waals surface area contributed by atoms with Gasteiger partial charge in [-0.1, -0.05) is 27.5 Å². The normalized spacial score (nSPS) is 10.1. The van der Waals surface area contributed by atoms with E-state index in [0.717, 1.165) is 4.47 Å². The fourth-order valence-electron chi connectivity index (χ4n) is 2.03. The third kappa shape index (κ3) is 3.89. The molecule has 0 atom stereocenters. The summed E-state index contributed by atoms with van der Waals surface area (Å²) in [4.78, 5) is 12.4. The van der Waals surface area contributed by atoms with Crippen molar-refractivity contribution in [1.29, 1.82) is 0 Å². The molecule has 0 aliphatic rings. The van der Waals surface area contributed by atoms with Gasteiger partial charge in [-0.15, -0.1) is 0 Å². The first-order valence-electron chi connectivity index (χ1n) is 6.56. The molecule has 1 amide bonds. The van der Waals surface area contributed by atoms with Gasteiger partial charge in [0.15, 0.2) is 11.5 Å². The quantitative estimate of drug-likeness (QED) is 0.809. The molecule has 2 rings (SSSR count). The second kappa shape index (κ2) is 7.57. The maximum Gasteiger partial charge on any atom is 0.257 e. The fourth-order valence-corrected chi connectivity index (χ4v) is 2.78. The number of rotatable bonds is 5. The van der Waals surface area contributed by atoms with Gasteiger partial charge in [0.25, 0.3) is 5.91 Å². The van der Waals surface area contributed by atoms with Crippen molar-refractivity contribution in [2.45, 2.75) is 0 Å². The summed E-state index contributed by atoms with van der Waals surface area (Å²) in [6.07, 6.45) is 0. The van der Waals surface area contributed by atoms with Crippen molar-refractivity contribution in [3.05, 3.63) is 45.4 Å². The van der Waals surface area contributed by atoms with E-state index in [4.69, 9.17) is 25.8 Å². The molecule has 0 saturated carbocycles. The lowest BCUT2D eigenvalue weighted by Gasteiger charge is -2.15. The lowest BCUT2D eigenvalue weighted by molar-refractivity contribution is 0.102. The summed E-state index contributed by atoms with van der Waals surface area (Å²) in [5, 5.41) is 3.12. The summed E-state index contributed by atoms with van der Waals surface area (Å²) in [6, 6.07) is 8.33. The molecule has 5 nitrogen and oxygen atoms in total. The molecule has 0 bridgehead atoms. The number of carbonyl (C=O) groups excluding carboxylic acids is 1. The van der Waals surface area contributed by atoms with Gasteiger partial charge < -0.3 is 19.5 Å². The number of amides is 1. The molecule has 0 aliphatic heterocycles. The highest BCUT2D eigenvalue weighted by atomic mass is 79.9. The van der Waals surface area contributed by atoms with Crippen LogP contribution >= 0.6 is 27.5 Å². The number of ether oxygens (including phenoxy) is 3. The van der Waals surface area contributed by atoms with Gasteiger partial charge in [-0.25, -0.2) is 0 Å². The molecule has 0 saturated heterocycles. The number of hydrogen-bond donors (Lipinski definition) is 1. The standard InChI is InChI=1S/C16H15BrClNO4/c1-21-13-7-10(8-14(22-2)15(13)23-3)19-16(20)11-5-4-9(17)6-12(11)18/h4-8H,1-3H3,(H,19,20). The fraction of sp³-hybridized carbons (Fsp3) is 0.188. The van der Waals surface area contributed by atoms with Crippen LogP contribution in [0, 0.1) is 0 Å². The molecule has 7 heteroatoms. The number of methoxy groups -OCH3 is 3. The van der Waals surface area contributed by atoms with Crippen LogP contribution in [0.5, 0.6) is 17.2 Å². The van der Waals surface area contributed by atoms with Crippen LogP contribution in [0.15, 0.2) is 34.8 Å². The highest BCUT2D eigenvalue weighted by Crippen LogP contribution is 2.40. The van der Waals surface area contributed by atoms with Crippen LogP contribution in [0.2, 0.25) is 5.02 Å². The van der Waals surface area contributed by atoms with Gasteiger partial charge in [-0.2, -0.15) is 0 Å². The zero-order chi connectivity index (χ0) is 17.0. The summed E-state index contributed by atoms with van der Waals surface area (Å²) in [7, 11) is 4.53. The Balaban J connectivity index is 2.34. The molecule has 1 N–H and O–H groups in total. The smallest absolute Gasteiger partial charge is 0.257 e. The van der Waals surface area contributed by atoms with Crippen molar-refractivity contribution in [3.8, 4) is 17.2 Å². The molecule has 2 aromatic carbocycles. The molecule has 0 aliphatic carbocycles.